The monoisotopic (exact) mass is 366 g/mol. The zero-order chi connectivity index (χ0) is 18.1. The quantitative estimate of drug-likeness (QED) is 0.526. The summed E-state index contributed by atoms with van der Waals surface area (Å²) in [5.74, 6) is -0.599. The van der Waals surface area contributed by atoms with E-state index in [1.54, 1.807) is 6.07 Å². The lowest BCUT2D eigenvalue weighted by Gasteiger charge is -2.06. The number of halogens is 2. The molecular formula is C21H16ClFN2O. The van der Waals surface area contributed by atoms with Gasteiger partial charge in [-0.1, -0.05) is 48.0 Å². The summed E-state index contributed by atoms with van der Waals surface area (Å²) in [6, 6.07) is 18.6. The molecule has 0 unspecified atom stereocenters. The first-order chi connectivity index (χ1) is 12.6. The Kier molecular flexibility index (Phi) is 4.35. The first kappa shape index (κ1) is 16.6. The molecule has 26 heavy (non-hydrogen) atoms. The number of amides is 1. The smallest absolute Gasteiger partial charge is 0.224 e. The molecule has 0 spiro atoms. The van der Waals surface area contributed by atoms with Crippen LogP contribution in [0.25, 0.3) is 21.8 Å². The van der Waals surface area contributed by atoms with Crippen LogP contribution in [0.1, 0.15) is 11.1 Å². The molecule has 4 rings (SSSR count). The normalized spacial score (nSPS) is 11.2. The van der Waals surface area contributed by atoms with Crippen molar-refractivity contribution in [2.24, 2.45) is 0 Å². The number of carbonyl (C=O) groups excluding carboxylic acids is 1. The fourth-order valence-corrected chi connectivity index (χ4v) is 3.23. The molecule has 1 amide bonds. The molecule has 1 aromatic heterocycles. The summed E-state index contributed by atoms with van der Waals surface area (Å²) in [4.78, 5) is 15.6. The Morgan fingerprint density at radius 1 is 0.962 bits per heavy atom. The van der Waals surface area contributed by atoms with Crippen LogP contribution in [0.15, 0.2) is 60.7 Å². The minimum atomic E-state index is -0.484. The van der Waals surface area contributed by atoms with Crippen molar-refractivity contribution in [2.75, 3.05) is 0 Å². The fraction of sp³-hybridized carbons (Fsp3) is 0.0952. The van der Waals surface area contributed by atoms with Crippen molar-refractivity contribution in [3.05, 3.63) is 82.6 Å². The minimum Gasteiger partial charge on any atom is -0.355 e. The van der Waals surface area contributed by atoms with E-state index < -0.39 is 5.82 Å². The number of H-pyrrole nitrogens is 1. The van der Waals surface area contributed by atoms with Crippen LogP contribution in [0.5, 0.6) is 0 Å². The average Bonchev–Trinajstić information content (AvgIpc) is 3.00. The Morgan fingerprint density at radius 2 is 1.73 bits per heavy atom. The molecule has 0 aliphatic carbocycles. The molecule has 0 radical (unpaired) electrons. The maximum atomic E-state index is 13.4. The van der Waals surface area contributed by atoms with Crippen LogP contribution < -0.4 is 5.32 Å². The number of aromatic nitrogens is 1. The molecular weight excluding hydrogens is 351 g/mol. The Hall–Kier alpha value is -2.85. The van der Waals surface area contributed by atoms with Gasteiger partial charge in [-0.2, -0.15) is 0 Å². The van der Waals surface area contributed by atoms with Gasteiger partial charge in [0.25, 0.3) is 0 Å². The highest BCUT2D eigenvalue weighted by Gasteiger charge is 2.08. The molecule has 0 saturated carbocycles. The lowest BCUT2D eigenvalue weighted by Crippen LogP contribution is -2.24. The second kappa shape index (κ2) is 6.81. The van der Waals surface area contributed by atoms with Crippen molar-refractivity contribution in [1.82, 2.24) is 10.3 Å². The van der Waals surface area contributed by atoms with Crippen molar-refractivity contribution in [1.29, 1.82) is 0 Å². The Morgan fingerprint density at radius 3 is 2.58 bits per heavy atom. The SMILES string of the molecule is O=C(Cc1ccc2c(c1)[nH]c1ccccc12)NCc1ccc(Cl)c(F)c1. The Labute approximate surface area is 154 Å². The van der Waals surface area contributed by atoms with Gasteiger partial charge >= 0.3 is 0 Å². The summed E-state index contributed by atoms with van der Waals surface area (Å²) in [7, 11) is 0. The van der Waals surface area contributed by atoms with Crippen LogP contribution in [-0.2, 0) is 17.8 Å². The van der Waals surface area contributed by atoms with Gasteiger partial charge in [-0.15, -0.1) is 0 Å². The molecule has 5 heteroatoms. The third-order valence-electron chi connectivity index (χ3n) is 4.41. The van der Waals surface area contributed by atoms with Crippen molar-refractivity contribution >= 4 is 39.3 Å². The molecule has 0 atom stereocenters. The summed E-state index contributed by atoms with van der Waals surface area (Å²) in [6.07, 6.45) is 0.265. The fourth-order valence-electron chi connectivity index (χ4n) is 3.11. The molecule has 3 nitrogen and oxygen atoms in total. The van der Waals surface area contributed by atoms with Crippen molar-refractivity contribution in [3.8, 4) is 0 Å². The van der Waals surface area contributed by atoms with Crippen molar-refractivity contribution in [3.63, 3.8) is 0 Å². The highest BCUT2D eigenvalue weighted by atomic mass is 35.5. The number of aromatic amines is 1. The van der Waals surface area contributed by atoms with E-state index in [2.05, 4.69) is 16.4 Å². The second-order valence-corrected chi connectivity index (χ2v) is 6.66. The number of benzene rings is 3. The van der Waals surface area contributed by atoms with Gasteiger partial charge in [0.05, 0.1) is 11.4 Å². The maximum Gasteiger partial charge on any atom is 0.224 e. The van der Waals surface area contributed by atoms with E-state index in [0.717, 1.165) is 22.0 Å². The van der Waals surface area contributed by atoms with Gasteiger partial charge in [-0.25, -0.2) is 4.39 Å². The maximum absolute atomic E-state index is 13.4. The Bertz CT molecular complexity index is 1120. The zero-order valence-corrected chi connectivity index (χ0v) is 14.6. The summed E-state index contributed by atoms with van der Waals surface area (Å²) >= 11 is 5.66. The highest BCUT2D eigenvalue weighted by molar-refractivity contribution is 6.30. The first-order valence-electron chi connectivity index (χ1n) is 8.30. The number of rotatable bonds is 4. The first-order valence-corrected chi connectivity index (χ1v) is 8.68. The molecule has 0 bridgehead atoms. The number of carbonyl (C=O) groups is 1. The minimum absolute atomic E-state index is 0.0757. The topological polar surface area (TPSA) is 44.9 Å². The summed E-state index contributed by atoms with van der Waals surface area (Å²) in [6.45, 7) is 0.265. The number of nitrogens with one attached hydrogen (secondary N) is 2. The third-order valence-corrected chi connectivity index (χ3v) is 4.72. The van der Waals surface area contributed by atoms with Crippen LogP contribution in [0.4, 0.5) is 4.39 Å². The van der Waals surface area contributed by atoms with Gasteiger partial charge in [-0.05, 0) is 35.4 Å². The van der Waals surface area contributed by atoms with Gasteiger partial charge in [-0.3, -0.25) is 4.79 Å². The molecule has 0 fully saturated rings. The van der Waals surface area contributed by atoms with Crippen LogP contribution in [0.2, 0.25) is 5.02 Å². The standard InChI is InChI=1S/C21H16ClFN2O/c22-17-8-6-14(9-18(17)23)12-24-21(26)11-13-5-7-16-15-3-1-2-4-19(15)25-20(16)10-13/h1-10,25H,11-12H2,(H,24,26). The number of fused-ring (bicyclic) bond motifs is 3. The summed E-state index contributed by atoms with van der Waals surface area (Å²) in [5, 5.41) is 5.20. The van der Waals surface area contributed by atoms with Crippen molar-refractivity contribution in [2.45, 2.75) is 13.0 Å². The van der Waals surface area contributed by atoms with Gasteiger partial charge in [0.1, 0.15) is 5.82 Å². The van der Waals surface area contributed by atoms with Crippen LogP contribution in [-0.4, -0.2) is 10.9 Å². The number of hydrogen-bond donors (Lipinski definition) is 2. The number of para-hydroxylation sites is 1. The second-order valence-electron chi connectivity index (χ2n) is 6.25. The molecule has 2 N–H and O–H groups in total. The highest BCUT2D eigenvalue weighted by Crippen LogP contribution is 2.26. The lowest BCUT2D eigenvalue weighted by molar-refractivity contribution is -0.120. The van der Waals surface area contributed by atoms with Gasteiger partial charge in [0.2, 0.25) is 5.91 Å². The predicted octanol–water partition coefficient (Wildman–Crippen LogP) is 4.97. The van der Waals surface area contributed by atoms with E-state index in [-0.39, 0.29) is 23.9 Å². The van der Waals surface area contributed by atoms with E-state index in [0.29, 0.717) is 5.56 Å². The van der Waals surface area contributed by atoms with E-state index in [1.807, 2.05) is 36.4 Å². The molecule has 4 aromatic rings. The molecule has 0 aliphatic rings. The molecule has 3 aromatic carbocycles. The zero-order valence-electron chi connectivity index (χ0n) is 13.9. The summed E-state index contributed by atoms with van der Waals surface area (Å²) < 4.78 is 13.4. The van der Waals surface area contributed by atoms with Gasteiger partial charge in [0, 0.05) is 28.4 Å². The number of hydrogen-bond acceptors (Lipinski definition) is 1. The van der Waals surface area contributed by atoms with Gasteiger partial charge in [0.15, 0.2) is 0 Å². The van der Waals surface area contributed by atoms with E-state index in [9.17, 15) is 9.18 Å². The van der Waals surface area contributed by atoms with Crippen molar-refractivity contribution < 1.29 is 9.18 Å². The molecule has 130 valence electrons. The van der Waals surface area contributed by atoms with E-state index in [4.69, 9.17) is 11.6 Å². The van der Waals surface area contributed by atoms with Crippen LogP contribution >= 0.6 is 11.6 Å². The van der Waals surface area contributed by atoms with Crippen LogP contribution in [0, 0.1) is 5.82 Å². The largest absolute Gasteiger partial charge is 0.355 e. The van der Waals surface area contributed by atoms with E-state index in [1.165, 1.54) is 17.5 Å². The Balaban J connectivity index is 1.46. The average molecular weight is 367 g/mol. The van der Waals surface area contributed by atoms with Crippen LogP contribution in [0.3, 0.4) is 0 Å². The molecule has 0 aliphatic heterocycles. The lowest BCUT2D eigenvalue weighted by atomic mass is 10.1. The molecule has 0 saturated heterocycles. The summed E-state index contributed by atoms with van der Waals surface area (Å²) in [5.41, 5.74) is 3.68. The van der Waals surface area contributed by atoms with E-state index >= 15 is 0 Å². The van der Waals surface area contributed by atoms with Gasteiger partial charge < -0.3 is 10.3 Å². The molecule has 1 heterocycles. The predicted molar refractivity (Wildman–Crippen MR) is 103 cm³/mol. The third kappa shape index (κ3) is 3.28.